The van der Waals surface area contributed by atoms with Gasteiger partial charge in [0.15, 0.2) is 11.5 Å². The molecular weight excluding hydrogens is 364 g/mol. The molecule has 0 unspecified atom stereocenters. The molecule has 0 saturated carbocycles. The summed E-state index contributed by atoms with van der Waals surface area (Å²) in [4.78, 5) is 23.0. The highest BCUT2D eigenvalue weighted by Crippen LogP contribution is 2.40. The number of nitrogens with one attached hydrogen (secondary N) is 1. The standard InChI is InChI=1S/C17H15ClN2O4S/c18-13-5-10(6-14-16(13)24-9-23-14)7-25-8-15(21)20-12-3-1-11(2-4-12)17(19)22/h1-6H,7-9H2,(H2,19,22)(H,20,21). The van der Waals surface area contributed by atoms with Crippen molar-refractivity contribution in [2.45, 2.75) is 5.75 Å². The van der Waals surface area contributed by atoms with Crippen LogP contribution in [0, 0.1) is 0 Å². The van der Waals surface area contributed by atoms with E-state index in [-0.39, 0.29) is 18.5 Å². The number of thioether (sulfide) groups is 1. The molecule has 0 radical (unpaired) electrons. The molecule has 0 saturated heterocycles. The van der Waals surface area contributed by atoms with Crippen LogP contribution in [0.25, 0.3) is 0 Å². The number of nitrogens with two attached hydrogens (primary N) is 1. The first-order chi connectivity index (χ1) is 12.0. The Morgan fingerprint density at radius 1 is 1.20 bits per heavy atom. The molecule has 0 aromatic heterocycles. The summed E-state index contributed by atoms with van der Waals surface area (Å²) in [5.74, 6) is 1.45. The molecule has 0 atom stereocenters. The Morgan fingerprint density at radius 2 is 1.96 bits per heavy atom. The van der Waals surface area contributed by atoms with Gasteiger partial charge >= 0.3 is 0 Å². The smallest absolute Gasteiger partial charge is 0.248 e. The van der Waals surface area contributed by atoms with Crippen LogP contribution in [0.15, 0.2) is 36.4 Å². The Kier molecular flexibility index (Phi) is 5.35. The number of rotatable bonds is 6. The van der Waals surface area contributed by atoms with E-state index in [0.29, 0.717) is 33.5 Å². The molecule has 2 aromatic carbocycles. The lowest BCUT2D eigenvalue weighted by molar-refractivity contribution is -0.113. The minimum Gasteiger partial charge on any atom is -0.454 e. The van der Waals surface area contributed by atoms with Gasteiger partial charge in [-0.05, 0) is 42.0 Å². The van der Waals surface area contributed by atoms with Crippen LogP contribution >= 0.6 is 23.4 Å². The molecule has 130 valence electrons. The van der Waals surface area contributed by atoms with Gasteiger partial charge in [0.2, 0.25) is 18.6 Å². The van der Waals surface area contributed by atoms with Crippen LogP contribution in [0.5, 0.6) is 11.5 Å². The van der Waals surface area contributed by atoms with Crippen molar-refractivity contribution in [2.24, 2.45) is 5.73 Å². The van der Waals surface area contributed by atoms with Gasteiger partial charge in [-0.2, -0.15) is 0 Å². The fraction of sp³-hybridized carbons (Fsp3) is 0.176. The highest BCUT2D eigenvalue weighted by atomic mass is 35.5. The maximum absolute atomic E-state index is 12.0. The molecule has 1 aliphatic heterocycles. The molecule has 25 heavy (non-hydrogen) atoms. The Morgan fingerprint density at radius 3 is 2.68 bits per heavy atom. The molecule has 0 fully saturated rings. The lowest BCUT2D eigenvalue weighted by Crippen LogP contribution is -2.15. The van der Waals surface area contributed by atoms with Crippen LogP contribution in [0.1, 0.15) is 15.9 Å². The van der Waals surface area contributed by atoms with E-state index < -0.39 is 5.91 Å². The Labute approximate surface area is 153 Å². The van der Waals surface area contributed by atoms with Crippen molar-refractivity contribution in [3.63, 3.8) is 0 Å². The number of primary amides is 1. The monoisotopic (exact) mass is 378 g/mol. The summed E-state index contributed by atoms with van der Waals surface area (Å²) in [6, 6.07) is 10.1. The predicted octanol–water partition coefficient (Wildman–Crippen LogP) is 3.04. The van der Waals surface area contributed by atoms with E-state index in [1.165, 1.54) is 11.8 Å². The maximum atomic E-state index is 12.0. The zero-order valence-corrected chi connectivity index (χ0v) is 14.7. The Balaban J connectivity index is 1.49. The van der Waals surface area contributed by atoms with Crippen molar-refractivity contribution in [1.29, 1.82) is 0 Å². The molecule has 6 nitrogen and oxygen atoms in total. The third-order valence-electron chi connectivity index (χ3n) is 3.44. The Hall–Kier alpha value is -2.38. The first-order valence-corrected chi connectivity index (χ1v) is 8.91. The number of hydrogen-bond donors (Lipinski definition) is 2. The third-order valence-corrected chi connectivity index (χ3v) is 4.73. The summed E-state index contributed by atoms with van der Waals surface area (Å²) in [5.41, 5.74) is 7.14. The number of halogens is 1. The number of carbonyl (C=O) groups excluding carboxylic acids is 2. The van der Waals surface area contributed by atoms with Crippen molar-refractivity contribution in [2.75, 3.05) is 17.9 Å². The number of carbonyl (C=O) groups is 2. The van der Waals surface area contributed by atoms with E-state index in [1.54, 1.807) is 24.3 Å². The van der Waals surface area contributed by atoms with Gasteiger partial charge in [-0.25, -0.2) is 0 Å². The minimum absolute atomic E-state index is 0.135. The lowest BCUT2D eigenvalue weighted by Gasteiger charge is -2.07. The third kappa shape index (κ3) is 4.37. The van der Waals surface area contributed by atoms with Gasteiger partial charge in [-0.3, -0.25) is 9.59 Å². The summed E-state index contributed by atoms with van der Waals surface area (Å²) in [6.07, 6.45) is 0. The SMILES string of the molecule is NC(=O)c1ccc(NC(=O)CSCc2cc(Cl)c3c(c2)OCO3)cc1. The van der Waals surface area contributed by atoms with E-state index in [9.17, 15) is 9.59 Å². The van der Waals surface area contributed by atoms with Crippen LogP contribution in [0.4, 0.5) is 5.69 Å². The van der Waals surface area contributed by atoms with E-state index >= 15 is 0 Å². The summed E-state index contributed by atoms with van der Waals surface area (Å²) < 4.78 is 10.6. The summed E-state index contributed by atoms with van der Waals surface area (Å²) in [7, 11) is 0. The molecule has 2 aromatic rings. The largest absolute Gasteiger partial charge is 0.454 e. The number of ether oxygens (including phenoxy) is 2. The molecule has 8 heteroatoms. The van der Waals surface area contributed by atoms with Crippen LogP contribution in [0.2, 0.25) is 5.02 Å². The van der Waals surface area contributed by atoms with Gasteiger partial charge in [0, 0.05) is 17.0 Å². The van der Waals surface area contributed by atoms with E-state index in [1.807, 2.05) is 12.1 Å². The highest BCUT2D eigenvalue weighted by Gasteiger charge is 2.18. The van der Waals surface area contributed by atoms with E-state index in [0.717, 1.165) is 5.56 Å². The molecule has 3 N–H and O–H groups in total. The first kappa shape index (κ1) is 17.4. The fourth-order valence-corrected chi connectivity index (χ4v) is 3.33. The molecule has 3 rings (SSSR count). The molecule has 0 spiro atoms. The van der Waals surface area contributed by atoms with Crippen LogP contribution < -0.4 is 20.5 Å². The van der Waals surface area contributed by atoms with Gasteiger partial charge in [-0.1, -0.05) is 11.6 Å². The molecule has 1 heterocycles. The summed E-state index contributed by atoms with van der Waals surface area (Å²) in [5, 5.41) is 3.27. The van der Waals surface area contributed by atoms with Crippen molar-refractivity contribution in [3.05, 3.63) is 52.5 Å². The van der Waals surface area contributed by atoms with Crippen molar-refractivity contribution < 1.29 is 19.1 Å². The predicted molar refractivity (Wildman–Crippen MR) is 97.3 cm³/mol. The normalized spacial score (nSPS) is 12.0. The number of fused-ring (bicyclic) bond motifs is 1. The summed E-state index contributed by atoms with van der Waals surface area (Å²) >= 11 is 7.59. The maximum Gasteiger partial charge on any atom is 0.248 e. The van der Waals surface area contributed by atoms with Gasteiger partial charge in [0.25, 0.3) is 0 Å². The number of amides is 2. The number of hydrogen-bond acceptors (Lipinski definition) is 5. The first-order valence-electron chi connectivity index (χ1n) is 7.38. The Bertz CT molecular complexity index is 811. The molecule has 2 amide bonds. The molecule has 0 aliphatic carbocycles. The quantitative estimate of drug-likeness (QED) is 0.806. The van der Waals surface area contributed by atoms with Gasteiger partial charge in [-0.15, -0.1) is 11.8 Å². The van der Waals surface area contributed by atoms with Gasteiger partial charge < -0.3 is 20.5 Å². The zero-order chi connectivity index (χ0) is 17.8. The average Bonchev–Trinajstić information content (AvgIpc) is 3.04. The van der Waals surface area contributed by atoms with Gasteiger partial charge in [0.1, 0.15) is 0 Å². The number of benzene rings is 2. The fourth-order valence-electron chi connectivity index (χ4n) is 2.28. The van der Waals surface area contributed by atoms with Crippen LogP contribution in [-0.2, 0) is 10.5 Å². The molecule has 0 bridgehead atoms. The van der Waals surface area contributed by atoms with Crippen LogP contribution in [-0.4, -0.2) is 24.4 Å². The van der Waals surface area contributed by atoms with Crippen molar-refractivity contribution in [1.82, 2.24) is 0 Å². The topological polar surface area (TPSA) is 90.7 Å². The minimum atomic E-state index is -0.504. The van der Waals surface area contributed by atoms with Crippen LogP contribution in [0.3, 0.4) is 0 Å². The van der Waals surface area contributed by atoms with Gasteiger partial charge in [0.05, 0.1) is 10.8 Å². The second kappa shape index (κ2) is 7.67. The lowest BCUT2D eigenvalue weighted by atomic mass is 10.2. The zero-order valence-electron chi connectivity index (χ0n) is 13.1. The highest BCUT2D eigenvalue weighted by molar-refractivity contribution is 7.99. The molecular formula is C17H15ClN2O4S. The van der Waals surface area contributed by atoms with Crippen molar-refractivity contribution >= 4 is 40.9 Å². The number of anilines is 1. The average molecular weight is 379 g/mol. The second-order valence-corrected chi connectivity index (χ2v) is 6.69. The van der Waals surface area contributed by atoms with E-state index in [4.69, 9.17) is 26.8 Å². The molecule has 1 aliphatic rings. The van der Waals surface area contributed by atoms with Crippen molar-refractivity contribution in [3.8, 4) is 11.5 Å². The summed E-state index contributed by atoms with van der Waals surface area (Å²) in [6.45, 7) is 0.169. The van der Waals surface area contributed by atoms with E-state index in [2.05, 4.69) is 5.32 Å². The second-order valence-electron chi connectivity index (χ2n) is 5.29.